The number of carbonyl (C=O) groups is 2. The molecule has 0 aromatic carbocycles. The van der Waals surface area contributed by atoms with Gasteiger partial charge < -0.3 is 10.0 Å². The van der Waals surface area contributed by atoms with Crippen molar-refractivity contribution in [3.8, 4) is 0 Å². The van der Waals surface area contributed by atoms with Crippen molar-refractivity contribution in [2.45, 2.75) is 32.2 Å². The molecule has 0 aromatic rings. The van der Waals surface area contributed by atoms with E-state index in [-0.39, 0.29) is 30.8 Å². The molecule has 1 N–H and O–H groups in total. The number of nitrogens with zero attached hydrogens (tertiary/aromatic N) is 1. The highest BCUT2D eigenvalue weighted by atomic mass is 16.3. The predicted molar refractivity (Wildman–Crippen MR) is 47.1 cm³/mol. The van der Waals surface area contributed by atoms with Crippen molar-refractivity contribution >= 4 is 11.7 Å². The summed E-state index contributed by atoms with van der Waals surface area (Å²) in [5, 5.41) is 8.59. The Balaban J connectivity index is 2.57. The van der Waals surface area contributed by atoms with Gasteiger partial charge in [0.05, 0.1) is 12.6 Å². The maximum atomic E-state index is 11.4. The fourth-order valence-electron chi connectivity index (χ4n) is 1.73. The lowest BCUT2D eigenvalue weighted by Crippen LogP contribution is -2.39. The standard InChI is InChI=1S/C9H15NO3/c1-7(12)8-3-2-5-10(8)9(13)4-6-11/h8,11H,2-6H2,1H3/t8-/m1/s1. The number of carbonyl (C=O) groups excluding carboxylic acids is 2. The first kappa shape index (κ1) is 10.2. The lowest BCUT2D eigenvalue weighted by atomic mass is 10.1. The van der Waals surface area contributed by atoms with Gasteiger partial charge in [0.2, 0.25) is 5.91 Å². The number of rotatable bonds is 3. The zero-order valence-corrected chi connectivity index (χ0v) is 7.82. The van der Waals surface area contributed by atoms with Crippen molar-refractivity contribution in [3.05, 3.63) is 0 Å². The smallest absolute Gasteiger partial charge is 0.225 e. The Labute approximate surface area is 77.5 Å². The van der Waals surface area contributed by atoms with Gasteiger partial charge in [0.1, 0.15) is 0 Å². The van der Waals surface area contributed by atoms with Crippen LogP contribution in [0.4, 0.5) is 0 Å². The second-order valence-corrected chi connectivity index (χ2v) is 3.33. The summed E-state index contributed by atoms with van der Waals surface area (Å²) in [6, 6.07) is -0.237. The van der Waals surface area contributed by atoms with Crippen molar-refractivity contribution in [3.63, 3.8) is 0 Å². The van der Waals surface area contributed by atoms with Crippen LogP contribution in [-0.2, 0) is 9.59 Å². The highest BCUT2D eigenvalue weighted by molar-refractivity contribution is 5.88. The summed E-state index contributed by atoms with van der Waals surface area (Å²) < 4.78 is 0. The first-order valence-corrected chi connectivity index (χ1v) is 4.57. The fourth-order valence-corrected chi connectivity index (χ4v) is 1.73. The van der Waals surface area contributed by atoms with E-state index in [4.69, 9.17) is 5.11 Å². The average molecular weight is 185 g/mol. The van der Waals surface area contributed by atoms with Crippen LogP contribution in [0, 0.1) is 0 Å². The Morgan fingerprint density at radius 1 is 1.54 bits per heavy atom. The van der Waals surface area contributed by atoms with Gasteiger partial charge in [-0.3, -0.25) is 9.59 Å². The molecule has 4 nitrogen and oxygen atoms in total. The van der Waals surface area contributed by atoms with E-state index in [1.807, 2.05) is 0 Å². The van der Waals surface area contributed by atoms with Crippen LogP contribution < -0.4 is 0 Å². The highest BCUT2D eigenvalue weighted by Crippen LogP contribution is 2.18. The predicted octanol–water partition coefficient (Wildman–Crippen LogP) is -0.0512. The number of hydrogen-bond donors (Lipinski definition) is 1. The van der Waals surface area contributed by atoms with E-state index < -0.39 is 0 Å². The van der Waals surface area contributed by atoms with Crippen LogP contribution in [0.15, 0.2) is 0 Å². The molecule has 0 saturated carbocycles. The quantitative estimate of drug-likeness (QED) is 0.670. The maximum Gasteiger partial charge on any atom is 0.225 e. The minimum Gasteiger partial charge on any atom is -0.396 e. The number of hydrogen-bond acceptors (Lipinski definition) is 3. The van der Waals surface area contributed by atoms with Crippen molar-refractivity contribution in [2.24, 2.45) is 0 Å². The summed E-state index contributed by atoms with van der Waals surface area (Å²) in [6.45, 7) is 2.03. The molecule has 0 spiro atoms. The first-order valence-electron chi connectivity index (χ1n) is 4.57. The summed E-state index contributed by atoms with van der Waals surface area (Å²) in [4.78, 5) is 24.1. The third kappa shape index (κ3) is 2.28. The first-order chi connectivity index (χ1) is 6.16. The fraction of sp³-hybridized carbons (Fsp3) is 0.778. The van der Waals surface area contributed by atoms with Crippen LogP contribution in [0.2, 0.25) is 0 Å². The minimum atomic E-state index is -0.237. The third-order valence-corrected chi connectivity index (χ3v) is 2.37. The van der Waals surface area contributed by atoms with Crippen LogP contribution >= 0.6 is 0 Å². The Kier molecular flexibility index (Phi) is 3.42. The van der Waals surface area contributed by atoms with Crippen molar-refractivity contribution in [2.75, 3.05) is 13.2 Å². The molecule has 1 aliphatic rings. The second-order valence-electron chi connectivity index (χ2n) is 3.33. The molecule has 0 radical (unpaired) electrons. The second kappa shape index (κ2) is 4.37. The molecule has 1 saturated heterocycles. The van der Waals surface area contributed by atoms with E-state index >= 15 is 0 Å². The monoisotopic (exact) mass is 185 g/mol. The summed E-state index contributed by atoms with van der Waals surface area (Å²) >= 11 is 0. The lowest BCUT2D eigenvalue weighted by Gasteiger charge is -2.22. The van der Waals surface area contributed by atoms with Crippen LogP contribution in [0.3, 0.4) is 0 Å². The Bertz CT molecular complexity index is 215. The molecule has 1 heterocycles. The number of likely N-dealkylation sites (tertiary alicyclic amines) is 1. The van der Waals surface area contributed by atoms with Gasteiger partial charge in [-0.1, -0.05) is 0 Å². The van der Waals surface area contributed by atoms with E-state index in [1.54, 1.807) is 4.90 Å². The van der Waals surface area contributed by atoms with E-state index in [0.717, 1.165) is 12.8 Å². The van der Waals surface area contributed by atoms with Crippen LogP contribution in [0.1, 0.15) is 26.2 Å². The molecule has 74 valence electrons. The molecule has 4 heteroatoms. The van der Waals surface area contributed by atoms with E-state index in [0.29, 0.717) is 6.54 Å². The van der Waals surface area contributed by atoms with Crippen LogP contribution in [0.25, 0.3) is 0 Å². The maximum absolute atomic E-state index is 11.4. The highest BCUT2D eigenvalue weighted by Gasteiger charge is 2.30. The molecule has 0 aromatic heterocycles. The number of Topliss-reactive ketones (excluding diaryl/α,β-unsaturated/α-hetero) is 1. The van der Waals surface area contributed by atoms with Gasteiger partial charge in [0.25, 0.3) is 0 Å². The van der Waals surface area contributed by atoms with Crippen LogP contribution in [-0.4, -0.2) is 40.9 Å². The largest absolute Gasteiger partial charge is 0.396 e. The molecule has 0 aliphatic carbocycles. The number of amides is 1. The molecule has 0 bridgehead atoms. The van der Waals surface area contributed by atoms with Gasteiger partial charge in [-0.15, -0.1) is 0 Å². The lowest BCUT2D eigenvalue weighted by molar-refractivity contribution is -0.137. The molecule has 13 heavy (non-hydrogen) atoms. The number of aliphatic hydroxyl groups excluding tert-OH is 1. The number of ketones is 1. The SMILES string of the molecule is CC(=O)[C@H]1CCCN1C(=O)CCO. The molecule has 1 aliphatic heterocycles. The van der Waals surface area contributed by atoms with E-state index in [1.165, 1.54) is 6.92 Å². The summed E-state index contributed by atoms with van der Waals surface area (Å²) in [7, 11) is 0. The Morgan fingerprint density at radius 2 is 2.23 bits per heavy atom. The zero-order valence-electron chi connectivity index (χ0n) is 7.82. The van der Waals surface area contributed by atoms with E-state index in [2.05, 4.69) is 0 Å². The van der Waals surface area contributed by atoms with Gasteiger partial charge in [-0.05, 0) is 19.8 Å². The molecular formula is C9H15NO3. The van der Waals surface area contributed by atoms with Gasteiger partial charge in [0.15, 0.2) is 5.78 Å². The molecule has 0 unspecified atom stereocenters. The number of aliphatic hydroxyl groups is 1. The molecule has 1 fully saturated rings. The topological polar surface area (TPSA) is 57.6 Å². The van der Waals surface area contributed by atoms with Gasteiger partial charge in [0, 0.05) is 13.0 Å². The van der Waals surface area contributed by atoms with Gasteiger partial charge in [-0.25, -0.2) is 0 Å². The van der Waals surface area contributed by atoms with Crippen molar-refractivity contribution in [1.29, 1.82) is 0 Å². The summed E-state index contributed by atoms with van der Waals surface area (Å²) in [5.41, 5.74) is 0. The Hall–Kier alpha value is -0.900. The Morgan fingerprint density at radius 3 is 2.77 bits per heavy atom. The van der Waals surface area contributed by atoms with Gasteiger partial charge in [-0.2, -0.15) is 0 Å². The van der Waals surface area contributed by atoms with Gasteiger partial charge >= 0.3 is 0 Å². The van der Waals surface area contributed by atoms with Crippen molar-refractivity contribution in [1.82, 2.24) is 4.90 Å². The normalized spacial score (nSPS) is 22.0. The summed E-state index contributed by atoms with van der Waals surface area (Å²) in [5.74, 6) is -0.0658. The molecule has 1 amide bonds. The molecule has 1 rings (SSSR count). The minimum absolute atomic E-state index is 0.0452. The van der Waals surface area contributed by atoms with Crippen molar-refractivity contribution < 1.29 is 14.7 Å². The third-order valence-electron chi connectivity index (χ3n) is 2.37. The van der Waals surface area contributed by atoms with E-state index in [9.17, 15) is 9.59 Å². The summed E-state index contributed by atoms with van der Waals surface area (Å²) in [6.07, 6.45) is 1.79. The average Bonchev–Trinajstić information content (AvgIpc) is 2.52. The zero-order chi connectivity index (χ0) is 9.84. The molecular weight excluding hydrogens is 170 g/mol. The van der Waals surface area contributed by atoms with Crippen LogP contribution in [0.5, 0.6) is 0 Å². The molecule has 1 atom stereocenters.